The van der Waals surface area contributed by atoms with E-state index in [1.165, 1.54) is 64.2 Å². The van der Waals surface area contributed by atoms with Gasteiger partial charge in [0.25, 0.3) is 0 Å². The third kappa shape index (κ3) is 38.6. The van der Waals surface area contributed by atoms with Gasteiger partial charge in [-0.25, -0.2) is 0 Å². The second-order valence-corrected chi connectivity index (χ2v) is 5.17. The molecule has 0 aromatic carbocycles. The maximum Gasteiger partial charge on any atom is -0.0140 e. The van der Waals surface area contributed by atoms with Crippen LogP contribution in [0.5, 0.6) is 0 Å². The molecule has 0 aromatic heterocycles. The predicted molar refractivity (Wildman–Crippen MR) is 84.4 cm³/mol. The van der Waals surface area contributed by atoms with Gasteiger partial charge in [-0.15, -0.1) is 12.4 Å². The Bertz CT molecular complexity index is 92.3. The van der Waals surface area contributed by atoms with Crippen LogP contribution in [0, 0.1) is 0 Å². The van der Waals surface area contributed by atoms with E-state index >= 15 is 0 Å². The standard InChI is InChI=1S/C12H26.C3H9N.ClH/c1-3-5-7-9-11-12-10-8-6-4-2;1-4(2)3;/h3-12H2,1-2H3;1-3H3;1H. The highest BCUT2D eigenvalue weighted by Crippen LogP contribution is 2.09. The summed E-state index contributed by atoms with van der Waals surface area (Å²) in [4.78, 5) is 2.00. The van der Waals surface area contributed by atoms with Crippen LogP contribution in [0.25, 0.3) is 0 Å². The van der Waals surface area contributed by atoms with Gasteiger partial charge in [0.05, 0.1) is 0 Å². The fraction of sp³-hybridized carbons (Fsp3) is 1.00. The lowest BCUT2D eigenvalue weighted by molar-refractivity contribution is 0.505. The highest BCUT2D eigenvalue weighted by Gasteiger charge is 1.90. The van der Waals surface area contributed by atoms with Crippen LogP contribution in [0.3, 0.4) is 0 Å². The van der Waals surface area contributed by atoms with Crippen molar-refractivity contribution >= 4 is 12.4 Å². The van der Waals surface area contributed by atoms with Crippen molar-refractivity contribution in [2.24, 2.45) is 0 Å². The van der Waals surface area contributed by atoms with Gasteiger partial charge < -0.3 is 4.90 Å². The van der Waals surface area contributed by atoms with E-state index in [4.69, 9.17) is 0 Å². The van der Waals surface area contributed by atoms with Crippen LogP contribution >= 0.6 is 12.4 Å². The molecule has 2 heteroatoms. The number of nitrogens with zero attached hydrogens (tertiary/aromatic N) is 1. The molecule has 0 unspecified atom stereocenters. The summed E-state index contributed by atoms with van der Waals surface area (Å²) in [5.41, 5.74) is 0. The predicted octanol–water partition coefficient (Wildman–Crippen LogP) is 5.53. The number of unbranched alkanes of at least 4 members (excludes halogenated alkanes) is 9. The van der Waals surface area contributed by atoms with Gasteiger partial charge in [-0.05, 0) is 21.1 Å². The van der Waals surface area contributed by atoms with Gasteiger partial charge in [0.1, 0.15) is 0 Å². The van der Waals surface area contributed by atoms with E-state index in [2.05, 4.69) is 13.8 Å². The van der Waals surface area contributed by atoms with Crippen molar-refractivity contribution in [1.82, 2.24) is 4.90 Å². The van der Waals surface area contributed by atoms with Gasteiger partial charge in [-0.1, -0.05) is 78.1 Å². The molecule has 0 fully saturated rings. The van der Waals surface area contributed by atoms with Crippen molar-refractivity contribution in [3.8, 4) is 0 Å². The summed E-state index contributed by atoms with van der Waals surface area (Å²) in [5.74, 6) is 0. The minimum absolute atomic E-state index is 0. The lowest BCUT2D eigenvalue weighted by atomic mass is 10.1. The fourth-order valence-electron chi connectivity index (χ4n) is 1.56. The molecule has 1 nitrogen and oxygen atoms in total. The Morgan fingerprint density at radius 2 is 0.706 bits per heavy atom. The monoisotopic (exact) mass is 265 g/mol. The molecule has 108 valence electrons. The molecule has 0 saturated heterocycles. The molecule has 0 aliphatic heterocycles. The van der Waals surface area contributed by atoms with Crippen molar-refractivity contribution in [3.63, 3.8) is 0 Å². The van der Waals surface area contributed by atoms with Gasteiger partial charge in [0.15, 0.2) is 0 Å². The van der Waals surface area contributed by atoms with E-state index in [0.717, 1.165) is 0 Å². The minimum atomic E-state index is 0. The third-order valence-corrected chi connectivity index (χ3v) is 2.46. The van der Waals surface area contributed by atoms with Crippen molar-refractivity contribution in [3.05, 3.63) is 0 Å². The Labute approximate surface area is 117 Å². The molecule has 0 atom stereocenters. The number of hydrogen-bond donors (Lipinski definition) is 0. The number of hydrogen-bond acceptors (Lipinski definition) is 1. The first-order chi connectivity index (χ1) is 7.65. The summed E-state index contributed by atoms with van der Waals surface area (Å²) in [6.45, 7) is 4.56. The van der Waals surface area contributed by atoms with Gasteiger partial charge in [0.2, 0.25) is 0 Å². The summed E-state index contributed by atoms with van der Waals surface area (Å²) >= 11 is 0. The fourth-order valence-corrected chi connectivity index (χ4v) is 1.56. The number of halogens is 1. The normalized spacial score (nSPS) is 9.53. The van der Waals surface area contributed by atoms with Crippen LogP contribution < -0.4 is 0 Å². The Morgan fingerprint density at radius 1 is 0.529 bits per heavy atom. The first kappa shape index (κ1) is 22.4. The summed E-state index contributed by atoms with van der Waals surface area (Å²) in [6.07, 6.45) is 14.4. The molecule has 17 heavy (non-hydrogen) atoms. The van der Waals surface area contributed by atoms with Crippen LogP contribution in [-0.4, -0.2) is 26.0 Å². The Kier molecular flexibility index (Phi) is 28.4. The first-order valence-corrected chi connectivity index (χ1v) is 7.26. The molecule has 0 aliphatic rings. The Balaban J connectivity index is -0.000000340. The SMILES string of the molecule is CCCCCCCCCCCC.CN(C)C.Cl. The lowest BCUT2D eigenvalue weighted by Gasteiger charge is -1.99. The molecule has 0 radical (unpaired) electrons. The largest absolute Gasteiger partial charge is 0.312 e. The van der Waals surface area contributed by atoms with Crippen molar-refractivity contribution in [1.29, 1.82) is 0 Å². The highest BCUT2D eigenvalue weighted by molar-refractivity contribution is 5.85. The molecule has 0 aliphatic carbocycles. The molecule has 0 rings (SSSR count). The zero-order valence-electron chi connectivity index (χ0n) is 12.9. The van der Waals surface area contributed by atoms with Crippen molar-refractivity contribution < 1.29 is 0 Å². The van der Waals surface area contributed by atoms with Crippen LogP contribution in [0.1, 0.15) is 78.1 Å². The maximum absolute atomic E-state index is 2.28. The molecule has 0 heterocycles. The van der Waals surface area contributed by atoms with Gasteiger partial charge in [0, 0.05) is 0 Å². The molecular weight excluding hydrogens is 230 g/mol. The summed E-state index contributed by atoms with van der Waals surface area (Å²) < 4.78 is 0. The summed E-state index contributed by atoms with van der Waals surface area (Å²) in [6, 6.07) is 0. The second-order valence-electron chi connectivity index (χ2n) is 5.17. The summed E-state index contributed by atoms with van der Waals surface area (Å²) in [5, 5.41) is 0. The third-order valence-electron chi connectivity index (χ3n) is 2.46. The minimum Gasteiger partial charge on any atom is -0.312 e. The molecule has 0 saturated carbocycles. The van der Waals surface area contributed by atoms with E-state index in [-0.39, 0.29) is 12.4 Å². The number of rotatable bonds is 9. The van der Waals surface area contributed by atoms with Gasteiger partial charge >= 0.3 is 0 Å². The lowest BCUT2D eigenvalue weighted by Crippen LogP contribution is -1.99. The van der Waals surface area contributed by atoms with E-state index in [1.54, 1.807) is 0 Å². The van der Waals surface area contributed by atoms with E-state index in [0.29, 0.717) is 0 Å². The van der Waals surface area contributed by atoms with Crippen LogP contribution in [0.4, 0.5) is 0 Å². The molecule has 0 aromatic rings. The molecule has 0 bridgehead atoms. The zero-order valence-corrected chi connectivity index (χ0v) is 13.7. The molecule has 0 N–H and O–H groups in total. The van der Waals surface area contributed by atoms with Gasteiger partial charge in [-0.2, -0.15) is 0 Å². The highest BCUT2D eigenvalue weighted by atomic mass is 35.5. The second kappa shape index (κ2) is 21.5. The van der Waals surface area contributed by atoms with Crippen LogP contribution in [0.2, 0.25) is 0 Å². The average Bonchev–Trinajstić information content (AvgIpc) is 2.21. The zero-order chi connectivity index (χ0) is 12.6. The first-order valence-electron chi connectivity index (χ1n) is 7.26. The Hall–Kier alpha value is 0.250. The van der Waals surface area contributed by atoms with Crippen molar-refractivity contribution in [2.45, 2.75) is 78.1 Å². The Morgan fingerprint density at radius 3 is 0.882 bits per heavy atom. The van der Waals surface area contributed by atoms with Crippen LogP contribution in [0.15, 0.2) is 0 Å². The van der Waals surface area contributed by atoms with E-state index in [1.807, 2.05) is 26.0 Å². The maximum atomic E-state index is 2.28. The molecule has 0 amide bonds. The average molecular weight is 266 g/mol. The molecule has 0 spiro atoms. The summed E-state index contributed by atoms with van der Waals surface area (Å²) in [7, 11) is 6.00. The quantitative estimate of drug-likeness (QED) is 0.496. The van der Waals surface area contributed by atoms with Crippen molar-refractivity contribution in [2.75, 3.05) is 21.1 Å². The smallest absolute Gasteiger partial charge is 0.0140 e. The van der Waals surface area contributed by atoms with E-state index in [9.17, 15) is 0 Å². The molecular formula is C15H36ClN. The topological polar surface area (TPSA) is 3.24 Å². The van der Waals surface area contributed by atoms with Gasteiger partial charge in [-0.3, -0.25) is 0 Å². The van der Waals surface area contributed by atoms with Crippen LogP contribution in [-0.2, 0) is 0 Å². The van der Waals surface area contributed by atoms with E-state index < -0.39 is 0 Å².